The van der Waals surface area contributed by atoms with Crippen LogP contribution in [-0.4, -0.2) is 23.1 Å². The Hall–Kier alpha value is -1.62. The molecule has 1 aromatic rings. The highest BCUT2D eigenvalue weighted by atomic mass is 16.2. The van der Waals surface area contributed by atoms with Gasteiger partial charge in [-0.2, -0.15) is 0 Å². The van der Waals surface area contributed by atoms with Gasteiger partial charge in [0.25, 0.3) is 5.56 Å². The van der Waals surface area contributed by atoms with Crippen LogP contribution in [-0.2, 0) is 11.3 Å². The minimum absolute atomic E-state index is 0.00477. The molecule has 2 heterocycles. The molecule has 21 heavy (non-hydrogen) atoms. The summed E-state index contributed by atoms with van der Waals surface area (Å²) in [6, 6.07) is 3.05. The smallest absolute Gasteiger partial charge is 0.250 e. The van der Waals surface area contributed by atoms with Crippen molar-refractivity contribution in [1.29, 1.82) is 0 Å². The molecule has 5 heteroatoms. The predicted octanol–water partition coefficient (Wildman–Crippen LogP) is 1.97. The molecule has 116 valence electrons. The van der Waals surface area contributed by atoms with E-state index in [1.807, 2.05) is 6.92 Å². The van der Waals surface area contributed by atoms with Crippen molar-refractivity contribution >= 4 is 11.6 Å². The van der Waals surface area contributed by atoms with Crippen molar-refractivity contribution in [3.05, 3.63) is 28.7 Å². The number of piperidine rings is 1. The van der Waals surface area contributed by atoms with Gasteiger partial charge in [-0.1, -0.05) is 20.3 Å². The third-order valence-electron chi connectivity index (χ3n) is 4.12. The summed E-state index contributed by atoms with van der Waals surface area (Å²) >= 11 is 0. The van der Waals surface area contributed by atoms with Crippen molar-refractivity contribution in [2.75, 3.05) is 11.9 Å². The number of amides is 1. The van der Waals surface area contributed by atoms with E-state index in [1.54, 1.807) is 16.8 Å². The SMILES string of the molecule is CCCn1cc(NC(=O)C2CC(CC)CCN2)ccc1=O. The number of anilines is 1. The lowest BCUT2D eigenvalue weighted by Gasteiger charge is -2.28. The number of hydrogen-bond acceptors (Lipinski definition) is 3. The molecule has 2 atom stereocenters. The highest BCUT2D eigenvalue weighted by Gasteiger charge is 2.25. The predicted molar refractivity (Wildman–Crippen MR) is 84.4 cm³/mol. The van der Waals surface area contributed by atoms with Gasteiger partial charge < -0.3 is 15.2 Å². The first-order valence-corrected chi connectivity index (χ1v) is 7.88. The van der Waals surface area contributed by atoms with E-state index in [1.165, 1.54) is 6.07 Å². The summed E-state index contributed by atoms with van der Waals surface area (Å²) in [5, 5.41) is 6.20. The second-order valence-electron chi connectivity index (χ2n) is 5.74. The Morgan fingerprint density at radius 3 is 2.95 bits per heavy atom. The molecule has 1 amide bonds. The van der Waals surface area contributed by atoms with E-state index in [9.17, 15) is 9.59 Å². The van der Waals surface area contributed by atoms with Crippen molar-refractivity contribution in [2.45, 2.75) is 52.1 Å². The molecule has 0 spiro atoms. The zero-order chi connectivity index (χ0) is 15.2. The van der Waals surface area contributed by atoms with Crippen LogP contribution in [0.4, 0.5) is 5.69 Å². The van der Waals surface area contributed by atoms with Crippen LogP contribution in [0.25, 0.3) is 0 Å². The summed E-state index contributed by atoms with van der Waals surface area (Å²) in [5.74, 6) is 0.617. The fourth-order valence-electron chi connectivity index (χ4n) is 2.82. The number of nitrogens with zero attached hydrogens (tertiary/aromatic N) is 1. The second kappa shape index (κ2) is 7.41. The number of hydrogen-bond donors (Lipinski definition) is 2. The number of pyridine rings is 1. The Morgan fingerprint density at radius 2 is 2.24 bits per heavy atom. The van der Waals surface area contributed by atoms with E-state index in [2.05, 4.69) is 17.6 Å². The highest BCUT2D eigenvalue weighted by Crippen LogP contribution is 2.20. The Balaban J connectivity index is 2.02. The molecule has 1 aliphatic heterocycles. The molecule has 0 aliphatic carbocycles. The molecule has 2 unspecified atom stereocenters. The Bertz CT molecular complexity index is 539. The molecule has 0 bridgehead atoms. The fourth-order valence-corrected chi connectivity index (χ4v) is 2.82. The number of nitrogens with one attached hydrogen (secondary N) is 2. The minimum atomic E-state index is -0.129. The van der Waals surface area contributed by atoms with Crippen molar-refractivity contribution in [3.8, 4) is 0 Å². The van der Waals surface area contributed by atoms with Gasteiger partial charge in [-0.05, 0) is 37.8 Å². The maximum absolute atomic E-state index is 12.3. The van der Waals surface area contributed by atoms with Crippen molar-refractivity contribution < 1.29 is 4.79 Å². The Kier molecular flexibility index (Phi) is 5.56. The molecule has 2 rings (SSSR count). The zero-order valence-electron chi connectivity index (χ0n) is 12.9. The lowest BCUT2D eigenvalue weighted by atomic mass is 9.90. The summed E-state index contributed by atoms with van der Waals surface area (Å²) in [6.45, 7) is 5.76. The van der Waals surface area contributed by atoms with E-state index in [0.29, 0.717) is 18.2 Å². The van der Waals surface area contributed by atoms with Crippen LogP contribution >= 0.6 is 0 Å². The van der Waals surface area contributed by atoms with Gasteiger partial charge in [-0.3, -0.25) is 9.59 Å². The van der Waals surface area contributed by atoms with Gasteiger partial charge in [0, 0.05) is 18.8 Å². The van der Waals surface area contributed by atoms with E-state index in [-0.39, 0.29) is 17.5 Å². The number of aryl methyl sites for hydroxylation is 1. The van der Waals surface area contributed by atoms with Gasteiger partial charge in [0.05, 0.1) is 11.7 Å². The molecule has 1 fully saturated rings. The normalized spacial score (nSPS) is 22.0. The van der Waals surface area contributed by atoms with Gasteiger partial charge in [0.15, 0.2) is 0 Å². The number of rotatable bonds is 5. The van der Waals surface area contributed by atoms with Gasteiger partial charge in [-0.15, -0.1) is 0 Å². The number of aromatic nitrogens is 1. The van der Waals surface area contributed by atoms with Crippen molar-refractivity contribution in [2.24, 2.45) is 5.92 Å². The first kappa shape index (κ1) is 15.8. The lowest BCUT2D eigenvalue weighted by molar-refractivity contribution is -0.119. The maximum atomic E-state index is 12.3. The van der Waals surface area contributed by atoms with Crippen LogP contribution in [0, 0.1) is 5.92 Å². The topological polar surface area (TPSA) is 63.1 Å². The van der Waals surface area contributed by atoms with E-state index in [0.717, 1.165) is 32.2 Å². The highest BCUT2D eigenvalue weighted by molar-refractivity contribution is 5.94. The summed E-state index contributed by atoms with van der Waals surface area (Å²) in [5.41, 5.74) is 0.658. The van der Waals surface area contributed by atoms with Gasteiger partial charge in [0.2, 0.25) is 5.91 Å². The van der Waals surface area contributed by atoms with Crippen molar-refractivity contribution in [1.82, 2.24) is 9.88 Å². The molecule has 1 saturated heterocycles. The lowest BCUT2D eigenvalue weighted by Crippen LogP contribution is -2.46. The summed E-state index contributed by atoms with van der Waals surface area (Å²) in [4.78, 5) is 24.0. The first-order valence-electron chi connectivity index (χ1n) is 7.88. The van der Waals surface area contributed by atoms with Crippen LogP contribution in [0.2, 0.25) is 0 Å². The molecular formula is C16H25N3O2. The Morgan fingerprint density at radius 1 is 1.43 bits per heavy atom. The molecule has 0 radical (unpaired) electrons. The van der Waals surface area contributed by atoms with E-state index in [4.69, 9.17) is 0 Å². The first-order chi connectivity index (χ1) is 10.1. The van der Waals surface area contributed by atoms with Gasteiger partial charge in [-0.25, -0.2) is 0 Å². The fraction of sp³-hybridized carbons (Fsp3) is 0.625. The Labute approximate surface area is 125 Å². The van der Waals surface area contributed by atoms with Crippen LogP contribution in [0.15, 0.2) is 23.1 Å². The monoisotopic (exact) mass is 291 g/mol. The number of carbonyl (C=O) groups excluding carboxylic acids is 1. The zero-order valence-corrected chi connectivity index (χ0v) is 12.9. The third-order valence-corrected chi connectivity index (χ3v) is 4.12. The largest absolute Gasteiger partial charge is 0.323 e. The van der Waals surface area contributed by atoms with Crippen LogP contribution in [0.3, 0.4) is 0 Å². The minimum Gasteiger partial charge on any atom is -0.323 e. The average Bonchev–Trinajstić information content (AvgIpc) is 2.51. The summed E-state index contributed by atoms with van der Waals surface area (Å²) < 4.78 is 1.64. The third kappa shape index (κ3) is 4.17. The summed E-state index contributed by atoms with van der Waals surface area (Å²) in [6.07, 6.45) is 5.76. The standard InChI is InChI=1S/C16H25N3O2/c1-3-9-19-11-13(5-6-15(19)20)18-16(21)14-10-12(4-2)7-8-17-14/h5-6,11-12,14,17H,3-4,7-10H2,1-2H3,(H,18,21). The average molecular weight is 291 g/mol. The molecule has 1 aromatic heterocycles. The second-order valence-corrected chi connectivity index (χ2v) is 5.74. The van der Waals surface area contributed by atoms with Crippen LogP contribution < -0.4 is 16.2 Å². The van der Waals surface area contributed by atoms with Gasteiger partial charge in [0.1, 0.15) is 0 Å². The molecular weight excluding hydrogens is 266 g/mol. The van der Waals surface area contributed by atoms with Crippen molar-refractivity contribution in [3.63, 3.8) is 0 Å². The number of carbonyl (C=O) groups is 1. The molecule has 0 saturated carbocycles. The van der Waals surface area contributed by atoms with E-state index >= 15 is 0 Å². The quantitative estimate of drug-likeness (QED) is 0.872. The van der Waals surface area contributed by atoms with E-state index < -0.39 is 0 Å². The van der Waals surface area contributed by atoms with Gasteiger partial charge >= 0.3 is 0 Å². The molecule has 0 aromatic carbocycles. The molecule has 5 nitrogen and oxygen atoms in total. The van der Waals surface area contributed by atoms with Crippen LogP contribution in [0.1, 0.15) is 39.5 Å². The molecule has 2 N–H and O–H groups in total. The summed E-state index contributed by atoms with van der Waals surface area (Å²) in [7, 11) is 0. The molecule has 1 aliphatic rings. The maximum Gasteiger partial charge on any atom is 0.250 e. The van der Waals surface area contributed by atoms with Crippen LogP contribution in [0.5, 0.6) is 0 Å².